The molecule has 0 atom stereocenters. The van der Waals surface area contributed by atoms with Crippen LogP contribution in [0.5, 0.6) is 0 Å². The summed E-state index contributed by atoms with van der Waals surface area (Å²) in [6.45, 7) is 6.50. The molecule has 0 saturated carbocycles. The van der Waals surface area contributed by atoms with Gasteiger partial charge in [-0.05, 0) is 17.7 Å². The van der Waals surface area contributed by atoms with E-state index in [1.54, 1.807) is 0 Å². The van der Waals surface area contributed by atoms with Gasteiger partial charge in [0.25, 0.3) is 0 Å². The lowest BCUT2D eigenvalue weighted by atomic mass is 10.2. The summed E-state index contributed by atoms with van der Waals surface area (Å²) >= 11 is 0. The molecule has 0 amide bonds. The van der Waals surface area contributed by atoms with Crippen molar-refractivity contribution in [2.24, 2.45) is 0 Å². The van der Waals surface area contributed by atoms with Crippen molar-refractivity contribution < 1.29 is 13.6 Å². The molecule has 0 saturated heterocycles. The summed E-state index contributed by atoms with van der Waals surface area (Å²) in [6, 6.07) is 55.8. The van der Waals surface area contributed by atoms with Crippen molar-refractivity contribution in [2.45, 2.75) is 31.8 Å². The topological polar surface area (TPSA) is 27.7 Å². The molecule has 43 heavy (non-hydrogen) atoms. The van der Waals surface area contributed by atoms with E-state index in [4.69, 9.17) is 13.6 Å². The molecule has 0 aliphatic heterocycles. The van der Waals surface area contributed by atoms with Crippen LogP contribution in [0.15, 0.2) is 152 Å². The number of hydrogen-bond donors (Lipinski definition) is 0. The SMILES string of the molecule is C[Si](CCOP(OCC[Si](C)(c1ccccc1)c1ccccc1)OCc1ccccc1)(c1ccccc1)c1ccccc1. The van der Waals surface area contributed by atoms with E-state index in [9.17, 15) is 0 Å². The summed E-state index contributed by atoms with van der Waals surface area (Å²) < 4.78 is 19.3. The molecule has 0 bridgehead atoms. The minimum Gasteiger partial charge on any atom is -0.313 e. The number of rotatable bonds is 15. The van der Waals surface area contributed by atoms with Crippen LogP contribution in [0.3, 0.4) is 0 Å². The van der Waals surface area contributed by atoms with Crippen molar-refractivity contribution in [2.75, 3.05) is 13.2 Å². The van der Waals surface area contributed by atoms with Gasteiger partial charge in [0.15, 0.2) is 0 Å². The monoisotopic (exact) mass is 620 g/mol. The second kappa shape index (κ2) is 15.5. The molecule has 220 valence electrons. The maximum atomic E-state index is 6.50. The summed E-state index contributed by atoms with van der Waals surface area (Å²) in [5.74, 6) is 0. The molecule has 5 aromatic rings. The first-order valence-electron chi connectivity index (χ1n) is 15.0. The predicted molar refractivity (Wildman–Crippen MR) is 187 cm³/mol. The third kappa shape index (κ3) is 8.27. The van der Waals surface area contributed by atoms with Crippen LogP contribution in [0, 0.1) is 0 Å². The van der Waals surface area contributed by atoms with Crippen LogP contribution in [0.1, 0.15) is 5.56 Å². The standard InChI is InChI=1S/C37H41O3PSi2/c1-42(34-20-10-4-11-21-34,35-22-12-5-13-23-35)30-28-38-41(40-32-33-18-8-3-9-19-33)39-29-31-43(2,36-24-14-6-15-25-36)37-26-16-7-17-27-37/h3-27H,28-32H2,1-2H3. The van der Waals surface area contributed by atoms with Crippen LogP contribution >= 0.6 is 8.60 Å². The van der Waals surface area contributed by atoms with Crippen molar-refractivity contribution in [3.63, 3.8) is 0 Å². The van der Waals surface area contributed by atoms with E-state index in [-0.39, 0.29) is 0 Å². The third-order valence-corrected chi connectivity index (χ3v) is 18.4. The minimum atomic E-state index is -2.02. The van der Waals surface area contributed by atoms with Crippen molar-refractivity contribution >= 4 is 45.5 Å². The molecule has 0 aliphatic carbocycles. The predicted octanol–water partition coefficient (Wildman–Crippen LogP) is 7.25. The molecular formula is C37H41O3PSi2. The highest BCUT2D eigenvalue weighted by Crippen LogP contribution is 2.41. The summed E-state index contributed by atoms with van der Waals surface area (Å²) in [5.41, 5.74) is 1.11. The summed E-state index contributed by atoms with van der Waals surface area (Å²) in [5, 5.41) is 5.64. The zero-order valence-electron chi connectivity index (χ0n) is 25.1. The smallest absolute Gasteiger partial charge is 0.313 e. The van der Waals surface area contributed by atoms with Gasteiger partial charge in [-0.2, -0.15) is 0 Å². The Morgan fingerprint density at radius 1 is 0.419 bits per heavy atom. The van der Waals surface area contributed by atoms with Gasteiger partial charge in [-0.3, -0.25) is 0 Å². The molecule has 0 N–H and O–H groups in total. The Labute approximate surface area is 260 Å². The largest absolute Gasteiger partial charge is 0.332 e. The molecule has 0 aliphatic rings. The van der Waals surface area contributed by atoms with E-state index in [0.29, 0.717) is 19.8 Å². The average Bonchev–Trinajstić information content (AvgIpc) is 3.09. The Balaban J connectivity index is 1.30. The van der Waals surface area contributed by atoms with E-state index in [2.05, 4.69) is 147 Å². The third-order valence-electron chi connectivity index (χ3n) is 8.42. The quantitative estimate of drug-likeness (QED) is 0.0912. The highest BCUT2D eigenvalue weighted by Gasteiger charge is 2.33. The summed E-state index contributed by atoms with van der Waals surface area (Å²) in [6.07, 6.45) is 0. The van der Waals surface area contributed by atoms with Crippen LogP contribution in [0.2, 0.25) is 25.2 Å². The molecular weight excluding hydrogens is 580 g/mol. The van der Waals surface area contributed by atoms with Gasteiger partial charge in [-0.1, -0.05) is 186 Å². The maximum Gasteiger partial charge on any atom is 0.332 e. The molecule has 0 aromatic heterocycles. The fourth-order valence-electron chi connectivity index (χ4n) is 5.60. The second-order valence-corrected chi connectivity index (χ2v) is 21.1. The summed E-state index contributed by atoms with van der Waals surface area (Å²) in [4.78, 5) is 0. The van der Waals surface area contributed by atoms with Gasteiger partial charge in [0, 0.05) is 0 Å². The van der Waals surface area contributed by atoms with Gasteiger partial charge in [-0.25, -0.2) is 0 Å². The average molecular weight is 621 g/mol. The molecule has 0 fully saturated rings. The van der Waals surface area contributed by atoms with E-state index < -0.39 is 24.8 Å². The zero-order chi connectivity index (χ0) is 29.8. The Hall–Kier alpha value is -3.16. The normalized spacial score (nSPS) is 12.0. The van der Waals surface area contributed by atoms with Gasteiger partial charge < -0.3 is 13.6 Å². The lowest BCUT2D eigenvalue weighted by Crippen LogP contribution is -2.56. The molecule has 6 heteroatoms. The first-order valence-corrected chi connectivity index (χ1v) is 21.5. The zero-order valence-corrected chi connectivity index (χ0v) is 28.0. The van der Waals surface area contributed by atoms with E-state index in [1.807, 2.05) is 18.2 Å². The van der Waals surface area contributed by atoms with Crippen molar-refractivity contribution in [1.82, 2.24) is 0 Å². The Bertz CT molecular complexity index is 1320. The van der Waals surface area contributed by atoms with Crippen LogP contribution < -0.4 is 20.7 Å². The highest BCUT2D eigenvalue weighted by molar-refractivity contribution is 7.41. The van der Waals surface area contributed by atoms with Gasteiger partial charge in [-0.15, -0.1) is 0 Å². The minimum absolute atomic E-state index is 0.463. The molecule has 0 heterocycles. The van der Waals surface area contributed by atoms with Crippen LogP contribution in [0.25, 0.3) is 0 Å². The first kappa shape index (κ1) is 31.3. The van der Waals surface area contributed by atoms with Crippen molar-refractivity contribution in [3.8, 4) is 0 Å². The van der Waals surface area contributed by atoms with Gasteiger partial charge in [0.2, 0.25) is 0 Å². The molecule has 5 aromatic carbocycles. The van der Waals surface area contributed by atoms with Crippen LogP contribution in [-0.4, -0.2) is 29.4 Å². The van der Waals surface area contributed by atoms with E-state index in [1.165, 1.54) is 20.7 Å². The Morgan fingerprint density at radius 3 is 1.05 bits per heavy atom. The lowest BCUT2D eigenvalue weighted by Gasteiger charge is -2.30. The summed E-state index contributed by atoms with van der Waals surface area (Å²) in [7, 11) is -5.57. The van der Waals surface area contributed by atoms with Crippen LogP contribution in [0.4, 0.5) is 0 Å². The molecule has 5 rings (SSSR count). The lowest BCUT2D eigenvalue weighted by molar-refractivity contribution is 0.164. The van der Waals surface area contributed by atoms with Crippen molar-refractivity contribution in [3.05, 3.63) is 157 Å². The van der Waals surface area contributed by atoms with Crippen LogP contribution in [-0.2, 0) is 20.2 Å². The fourth-order valence-corrected chi connectivity index (χ4v) is 13.5. The first-order chi connectivity index (χ1) is 21.1. The molecule has 0 spiro atoms. The Kier molecular flexibility index (Phi) is 11.3. The second-order valence-electron chi connectivity index (χ2n) is 11.3. The van der Waals surface area contributed by atoms with E-state index >= 15 is 0 Å². The molecule has 3 nitrogen and oxygen atoms in total. The number of hydrogen-bond acceptors (Lipinski definition) is 3. The van der Waals surface area contributed by atoms with Gasteiger partial charge in [0.1, 0.15) is 16.1 Å². The maximum absolute atomic E-state index is 6.50. The van der Waals surface area contributed by atoms with Gasteiger partial charge in [0.05, 0.1) is 19.8 Å². The molecule has 0 unspecified atom stereocenters. The number of benzene rings is 5. The highest BCUT2D eigenvalue weighted by atomic mass is 31.2. The van der Waals surface area contributed by atoms with E-state index in [0.717, 1.165) is 17.7 Å². The molecule has 0 radical (unpaired) electrons. The van der Waals surface area contributed by atoms with Gasteiger partial charge >= 0.3 is 8.60 Å². The Morgan fingerprint density at radius 2 is 0.721 bits per heavy atom. The fraction of sp³-hybridized carbons (Fsp3) is 0.189. The van der Waals surface area contributed by atoms with Crippen molar-refractivity contribution in [1.29, 1.82) is 0 Å².